The Hall–Kier alpha value is -1.22. The van der Waals surface area contributed by atoms with E-state index in [0.29, 0.717) is 23.2 Å². The fraction of sp³-hybridized carbons (Fsp3) is 0.200. The smallest absolute Gasteiger partial charge is 0.123 e. The minimum Gasteiger partial charge on any atom is -0.489 e. The predicted octanol–water partition coefficient (Wildman–Crippen LogP) is 4.07. The van der Waals surface area contributed by atoms with Gasteiger partial charge in [0.1, 0.15) is 12.4 Å². The summed E-state index contributed by atoms with van der Waals surface area (Å²) >= 11 is 11.9. The van der Waals surface area contributed by atoms with E-state index in [1.165, 1.54) is 0 Å². The van der Waals surface area contributed by atoms with Crippen molar-refractivity contribution in [3.8, 4) is 5.75 Å². The molecular weight excluding hydrogens is 281 g/mol. The molecule has 0 spiro atoms. The van der Waals surface area contributed by atoms with Crippen molar-refractivity contribution in [3.63, 3.8) is 0 Å². The molecule has 0 aliphatic carbocycles. The average molecular weight is 296 g/mol. The Balaban J connectivity index is 2.10. The quantitative estimate of drug-likeness (QED) is 0.902. The Labute approximate surface area is 123 Å². The van der Waals surface area contributed by atoms with E-state index in [2.05, 4.69) is 0 Å². The van der Waals surface area contributed by atoms with Crippen molar-refractivity contribution < 1.29 is 4.74 Å². The zero-order valence-electron chi connectivity index (χ0n) is 10.4. The molecule has 2 rings (SSSR count). The van der Waals surface area contributed by atoms with E-state index in [0.717, 1.165) is 23.3 Å². The third-order valence-corrected chi connectivity index (χ3v) is 3.19. The molecule has 0 saturated carbocycles. The molecule has 100 valence electrons. The number of ether oxygens (including phenoxy) is 1. The van der Waals surface area contributed by atoms with Gasteiger partial charge in [-0.15, -0.1) is 0 Å². The predicted molar refractivity (Wildman–Crippen MR) is 80.0 cm³/mol. The molecule has 0 fully saturated rings. The molecule has 2 nitrogen and oxygen atoms in total. The van der Waals surface area contributed by atoms with Crippen LogP contribution in [-0.4, -0.2) is 6.54 Å². The van der Waals surface area contributed by atoms with Crippen LogP contribution in [0.2, 0.25) is 10.0 Å². The maximum absolute atomic E-state index is 5.98. The maximum Gasteiger partial charge on any atom is 0.123 e. The Morgan fingerprint density at radius 2 is 1.79 bits per heavy atom. The van der Waals surface area contributed by atoms with E-state index in [1.807, 2.05) is 42.5 Å². The zero-order valence-corrected chi connectivity index (χ0v) is 11.9. The van der Waals surface area contributed by atoms with E-state index in [4.69, 9.17) is 33.7 Å². The summed E-state index contributed by atoms with van der Waals surface area (Å²) in [6.45, 7) is 1.04. The topological polar surface area (TPSA) is 35.2 Å². The summed E-state index contributed by atoms with van der Waals surface area (Å²) < 4.78 is 5.81. The lowest BCUT2D eigenvalue weighted by atomic mass is 10.1. The fourth-order valence-corrected chi connectivity index (χ4v) is 2.24. The Morgan fingerprint density at radius 3 is 2.53 bits per heavy atom. The molecule has 2 N–H and O–H groups in total. The average Bonchev–Trinajstić information content (AvgIpc) is 2.38. The lowest BCUT2D eigenvalue weighted by Crippen LogP contribution is -2.05. The highest BCUT2D eigenvalue weighted by Crippen LogP contribution is 2.24. The van der Waals surface area contributed by atoms with Gasteiger partial charge >= 0.3 is 0 Å². The second-order valence-corrected chi connectivity index (χ2v) is 5.08. The van der Waals surface area contributed by atoms with E-state index < -0.39 is 0 Å². The summed E-state index contributed by atoms with van der Waals surface area (Å²) in [7, 11) is 0. The molecule has 2 aromatic carbocycles. The third kappa shape index (κ3) is 4.13. The molecule has 19 heavy (non-hydrogen) atoms. The summed E-state index contributed by atoms with van der Waals surface area (Å²) in [5.74, 6) is 0.815. The monoisotopic (exact) mass is 295 g/mol. The molecule has 2 aromatic rings. The summed E-state index contributed by atoms with van der Waals surface area (Å²) in [5, 5.41) is 1.40. The SMILES string of the molecule is NCCc1cc(Cl)ccc1OCc1cccc(Cl)c1. The van der Waals surface area contributed by atoms with Gasteiger partial charge in [0.25, 0.3) is 0 Å². The van der Waals surface area contributed by atoms with Crippen LogP contribution in [0, 0.1) is 0 Å². The molecular formula is C15H15Cl2NO. The van der Waals surface area contributed by atoms with Gasteiger partial charge in [0.2, 0.25) is 0 Å². The number of hydrogen-bond donors (Lipinski definition) is 1. The molecule has 0 aromatic heterocycles. The van der Waals surface area contributed by atoms with Crippen molar-refractivity contribution in [2.24, 2.45) is 5.73 Å². The lowest BCUT2D eigenvalue weighted by molar-refractivity contribution is 0.303. The van der Waals surface area contributed by atoms with E-state index in [1.54, 1.807) is 0 Å². The molecule has 0 heterocycles. The number of hydrogen-bond acceptors (Lipinski definition) is 2. The minimum absolute atomic E-state index is 0.472. The Bertz CT molecular complexity index is 558. The summed E-state index contributed by atoms with van der Waals surface area (Å²) in [5.41, 5.74) is 7.64. The molecule has 0 unspecified atom stereocenters. The van der Waals surface area contributed by atoms with Crippen LogP contribution >= 0.6 is 23.2 Å². The largest absolute Gasteiger partial charge is 0.489 e. The van der Waals surface area contributed by atoms with Gasteiger partial charge in [0.15, 0.2) is 0 Å². The second kappa shape index (κ2) is 6.80. The maximum atomic E-state index is 5.98. The van der Waals surface area contributed by atoms with Gasteiger partial charge in [0.05, 0.1) is 0 Å². The van der Waals surface area contributed by atoms with E-state index in [9.17, 15) is 0 Å². The molecule has 0 atom stereocenters. The van der Waals surface area contributed by atoms with Crippen LogP contribution in [-0.2, 0) is 13.0 Å². The fourth-order valence-electron chi connectivity index (χ4n) is 1.83. The van der Waals surface area contributed by atoms with Gasteiger partial charge in [-0.05, 0) is 54.4 Å². The highest BCUT2D eigenvalue weighted by atomic mass is 35.5. The van der Waals surface area contributed by atoms with Crippen molar-refractivity contribution in [2.45, 2.75) is 13.0 Å². The van der Waals surface area contributed by atoms with E-state index in [-0.39, 0.29) is 0 Å². The van der Waals surface area contributed by atoms with Gasteiger partial charge in [-0.25, -0.2) is 0 Å². The lowest BCUT2D eigenvalue weighted by Gasteiger charge is -2.11. The van der Waals surface area contributed by atoms with Crippen molar-refractivity contribution in [1.82, 2.24) is 0 Å². The van der Waals surface area contributed by atoms with Crippen LogP contribution in [0.5, 0.6) is 5.75 Å². The molecule has 0 bridgehead atoms. The first-order chi connectivity index (χ1) is 9.19. The van der Waals surface area contributed by atoms with Gasteiger partial charge in [-0.2, -0.15) is 0 Å². The normalized spacial score (nSPS) is 10.5. The number of benzene rings is 2. The molecule has 4 heteroatoms. The summed E-state index contributed by atoms with van der Waals surface area (Å²) in [4.78, 5) is 0. The van der Waals surface area contributed by atoms with Crippen molar-refractivity contribution in [2.75, 3.05) is 6.54 Å². The van der Waals surface area contributed by atoms with Gasteiger partial charge in [0, 0.05) is 10.0 Å². The Morgan fingerprint density at radius 1 is 1.00 bits per heavy atom. The first kappa shape index (κ1) is 14.2. The van der Waals surface area contributed by atoms with Crippen LogP contribution in [0.3, 0.4) is 0 Å². The standard InChI is InChI=1S/C15H15Cl2NO/c16-13-3-1-2-11(8-13)10-19-15-5-4-14(17)9-12(15)6-7-18/h1-5,8-9H,6-7,10,18H2. The van der Waals surface area contributed by atoms with Crippen molar-refractivity contribution in [1.29, 1.82) is 0 Å². The van der Waals surface area contributed by atoms with Crippen molar-refractivity contribution in [3.05, 3.63) is 63.6 Å². The van der Waals surface area contributed by atoms with Crippen LogP contribution in [0.15, 0.2) is 42.5 Å². The number of nitrogens with two attached hydrogens (primary N) is 1. The minimum atomic E-state index is 0.472. The van der Waals surface area contributed by atoms with Gasteiger partial charge in [-0.1, -0.05) is 35.3 Å². The summed E-state index contributed by atoms with van der Waals surface area (Å²) in [6.07, 6.45) is 0.742. The van der Waals surface area contributed by atoms with Crippen LogP contribution in [0.25, 0.3) is 0 Å². The van der Waals surface area contributed by atoms with Crippen LogP contribution < -0.4 is 10.5 Å². The molecule has 0 radical (unpaired) electrons. The number of rotatable bonds is 5. The molecule has 0 saturated heterocycles. The molecule has 0 amide bonds. The Kier molecular flexibility index (Phi) is 5.08. The molecule has 0 aliphatic heterocycles. The highest BCUT2D eigenvalue weighted by Gasteiger charge is 2.05. The first-order valence-electron chi connectivity index (χ1n) is 6.05. The summed E-state index contributed by atoms with van der Waals surface area (Å²) in [6, 6.07) is 13.2. The van der Waals surface area contributed by atoms with Crippen molar-refractivity contribution >= 4 is 23.2 Å². The highest BCUT2D eigenvalue weighted by molar-refractivity contribution is 6.30. The number of halogens is 2. The zero-order chi connectivity index (χ0) is 13.7. The third-order valence-electron chi connectivity index (χ3n) is 2.72. The second-order valence-electron chi connectivity index (χ2n) is 4.21. The van der Waals surface area contributed by atoms with Crippen LogP contribution in [0.1, 0.15) is 11.1 Å². The van der Waals surface area contributed by atoms with Crippen LogP contribution in [0.4, 0.5) is 0 Å². The van der Waals surface area contributed by atoms with E-state index >= 15 is 0 Å². The van der Waals surface area contributed by atoms with Gasteiger partial charge in [-0.3, -0.25) is 0 Å². The first-order valence-corrected chi connectivity index (χ1v) is 6.80. The molecule has 0 aliphatic rings. The van der Waals surface area contributed by atoms with Gasteiger partial charge < -0.3 is 10.5 Å².